The zero-order chi connectivity index (χ0) is 10.4. The van der Waals surface area contributed by atoms with Gasteiger partial charge < -0.3 is 16.2 Å². The predicted molar refractivity (Wildman–Crippen MR) is 54.6 cm³/mol. The highest BCUT2D eigenvalue weighted by atomic mass is 16.3. The van der Waals surface area contributed by atoms with Crippen molar-refractivity contribution in [2.75, 3.05) is 19.7 Å². The molecular weight excluding hydrogens is 180 g/mol. The van der Waals surface area contributed by atoms with E-state index in [-0.39, 0.29) is 18.4 Å². The molecule has 0 atom stereocenters. The molecule has 1 amide bonds. The average molecular weight is 200 g/mol. The van der Waals surface area contributed by atoms with Gasteiger partial charge >= 0.3 is 0 Å². The molecule has 0 radical (unpaired) electrons. The number of nitrogens with two attached hydrogens (primary N) is 1. The largest absolute Gasteiger partial charge is 0.395 e. The molecule has 1 saturated carbocycles. The van der Waals surface area contributed by atoms with Crippen molar-refractivity contribution >= 4 is 5.91 Å². The van der Waals surface area contributed by atoms with Gasteiger partial charge in [-0.2, -0.15) is 0 Å². The fourth-order valence-corrected chi connectivity index (χ4v) is 1.98. The number of carbonyl (C=O) groups excluding carboxylic acids is 1. The molecule has 0 bridgehead atoms. The number of aliphatic hydroxyl groups is 1. The molecule has 0 spiro atoms. The SMILES string of the molecule is NCC1CCC(C(=O)NCCO)CC1. The van der Waals surface area contributed by atoms with Crippen molar-refractivity contribution in [3.8, 4) is 0 Å². The van der Waals surface area contributed by atoms with Gasteiger partial charge in [0, 0.05) is 12.5 Å². The van der Waals surface area contributed by atoms with Crippen molar-refractivity contribution in [2.24, 2.45) is 17.6 Å². The Labute approximate surface area is 84.9 Å². The second-order valence-corrected chi connectivity index (χ2v) is 3.97. The van der Waals surface area contributed by atoms with Crippen molar-refractivity contribution in [1.82, 2.24) is 5.32 Å². The second kappa shape index (κ2) is 5.98. The summed E-state index contributed by atoms with van der Waals surface area (Å²) >= 11 is 0. The number of hydrogen-bond acceptors (Lipinski definition) is 3. The lowest BCUT2D eigenvalue weighted by Gasteiger charge is -2.26. The number of nitrogens with one attached hydrogen (secondary N) is 1. The third kappa shape index (κ3) is 3.27. The molecule has 0 aliphatic heterocycles. The number of amides is 1. The lowest BCUT2D eigenvalue weighted by atomic mass is 9.81. The highest BCUT2D eigenvalue weighted by Crippen LogP contribution is 2.27. The molecule has 1 aliphatic carbocycles. The first kappa shape index (κ1) is 11.5. The average Bonchev–Trinajstić information content (AvgIpc) is 2.26. The fraction of sp³-hybridized carbons (Fsp3) is 0.900. The minimum absolute atomic E-state index is 0.0177. The molecule has 4 N–H and O–H groups in total. The predicted octanol–water partition coefficient (Wildman–Crippen LogP) is -0.140. The first-order valence-corrected chi connectivity index (χ1v) is 5.36. The van der Waals surface area contributed by atoms with E-state index in [0.717, 1.165) is 32.2 Å². The lowest BCUT2D eigenvalue weighted by molar-refractivity contribution is -0.126. The summed E-state index contributed by atoms with van der Waals surface area (Å²) in [4.78, 5) is 11.5. The zero-order valence-corrected chi connectivity index (χ0v) is 8.54. The molecule has 0 aromatic heterocycles. The Morgan fingerprint density at radius 1 is 1.36 bits per heavy atom. The highest BCUT2D eigenvalue weighted by molar-refractivity contribution is 5.78. The van der Waals surface area contributed by atoms with Gasteiger partial charge in [0.05, 0.1) is 6.61 Å². The summed E-state index contributed by atoms with van der Waals surface area (Å²) in [5.41, 5.74) is 5.57. The van der Waals surface area contributed by atoms with E-state index in [0.29, 0.717) is 12.5 Å². The first-order chi connectivity index (χ1) is 6.77. The van der Waals surface area contributed by atoms with E-state index in [1.165, 1.54) is 0 Å². The molecule has 4 heteroatoms. The van der Waals surface area contributed by atoms with E-state index in [2.05, 4.69) is 5.32 Å². The summed E-state index contributed by atoms with van der Waals surface area (Å²) in [5.74, 6) is 0.843. The van der Waals surface area contributed by atoms with E-state index in [9.17, 15) is 4.79 Å². The van der Waals surface area contributed by atoms with Crippen LogP contribution in [0.25, 0.3) is 0 Å². The van der Waals surface area contributed by atoms with Crippen molar-refractivity contribution in [3.05, 3.63) is 0 Å². The van der Waals surface area contributed by atoms with E-state index >= 15 is 0 Å². The Morgan fingerprint density at radius 3 is 2.50 bits per heavy atom. The van der Waals surface area contributed by atoms with Crippen LogP contribution >= 0.6 is 0 Å². The third-order valence-corrected chi connectivity index (χ3v) is 2.96. The molecule has 0 aromatic rings. The summed E-state index contributed by atoms with van der Waals surface area (Å²) in [6, 6.07) is 0. The minimum Gasteiger partial charge on any atom is -0.395 e. The standard InChI is InChI=1S/C10H20N2O2/c11-7-8-1-3-9(4-2-8)10(14)12-5-6-13/h8-9,13H,1-7,11H2,(H,12,14). The number of carbonyl (C=O) groups is 1. The quantitative estimate of drug-likeness (QED) is 0.591. The zero-order valence-electron chi connectivity index (χ0n) is 8.54. The number of aliphatic hydroxyl groups excluding tert-OH is 1. The molecule has 0 heterocycles. The summed E-state index contributed by atoms with van der Waals surface area (Å²) in [7, 11) is 0. The highest BCUT2D eigenvalue weighted by Gasteiger charge is 2.24. The summed E-state index contributed by atoms with van der Waals surface area (Å²) < 4.78 is 0. The molecular formula is C10H20N2O2. The number of hydrogen-bond donors (Lipinski definition) is 3. The van der Waals surface area contributed by atoms with Gasteiger partial charge in [-0.3, -0.25) is 4.79 Å². The Balaban J connectivity index is 2.23. The van der Waals surface area contributed by atoms with Crippen LogP contribution in [0.3, 0.4) is 0 Å². The van der Waals surface area contributed by atoms with Crippen molar-refractivity contribution in [1.29, 1.82) is 0 Å². The molecule has 4 nitrogen and oxygen atoms in total. The van der Waals surface area contributed by atoms with Crippen LogP contribution in [0.15, 0.2) is 0 Å². The molecule has 1 rings (SSSR count). The molecule has 0 saturated heterocycles. The normalized spacial score (nSPS) is 27.3. The topological polar surface area (TPSA) is 75.4 Å². The van der Waals surface area contributed by atoms with Crippen LogP contribution in [-0.4, -0.2) is 30.7 Å². The van der Waals surface area contributed by atoms with Gasteiger partial charge in [-0.05, 0) is 38.1 Å². The monoisotopic (exact) mass is 200 g/mol. The molecule has 1 aliphatic rings. The third-order valence-electron chi connectivity index (χ3n) is 2.96. The van der Waals surface area contributed by atoms with Crippen LogP contribution in [0.2, 0.25) is 0 Å². The van der Waals surface area contributed by atoms with Gasteiger partial charge in [0.15, 0.2) is 0 Å². The van der Waals surface area contributed by atoms with Crippen LogP contribution < -0.4 is 11.1 Å². The van der Waals surface area contributed by atoms with Gasteiger partial charge in [0.25, 0.3) is 0 Å². The van der Waals surface area contributed by atoms with Crippen LogP contribution in [0.1, 0.15) is 25.7 Å². The molecule has 0 aromatic carbocycles. The Kier molecular flexibility index (Phi) is 4.90. The molecule has 82 valence electrons. The van der Waals surface area contributed by atoms with Gasteiger partial charge in [-0.1, -0.05) is 0 Å². The maximum atomic E-state index is 11.5. The molecule has 14 heavy (non-hydrogen) atoms. The number of rotatable bonds is 4. The maximum Gasteiger partial charge on any atom is 0.223 e. The van der Waals surface area contributed by atoms with Crippen LogP contribution in [-0.2, 0) is 4.79 Å². The van der Waals surface area contributed by atoms with Gasteiger partial charge in [-0.25, -0.2) is 0 Å². The van der Waals surface area contributed by atoms with Crippen LogP contribution in [0, 0.1) is 11.8 Å². The summed E-state index contributed by atoms with van der Waals surface area (Å²) in [6.45, 7) is 1.13. The van der Waals surface area contributed by atoms with Crippen LogP contribution in [0.4, 0.5) is 0 Å². The minimum atomic E-state index is 0.0177. The van der Waals surface area contributed by atoms with Gasteiger partial charge in [0.2, 0.25) is 5.91 Å². The maximum absolute atomic E-state index is 11.5. The molecule has 0 unspecified atom stereocenters. The first-order valence-electron chi connectivity index (χ1n) is 5.36. The summed E-state index contributed by atoms with van der Waals surface area (Å²) in [6.07, 6.45) is 4.01. The second-order valence-electron chi connectivity index (χ2n) is 3.97. The van der Waals surface area contributed by atoms with Gasteiger partial charge in [-0.15, -0.1) is 0 Å². The van der Waals surface area contributed by atoms with Crippen LogP contribution in [0.5, 0.6) is 0 Å². The van der Waals surface area contributed by atoms with E-state index in [1.807, 2.05) is 0 Å². The van der Waals surface area contributed by atoms with Gasteiger partial charge in [0.1, 0.15) is 0 Å². The Bertz CT molecular complexity index is 177. The van der Waals surface area contributed by atoms with E-state index in [1.54, 1.807) is 0 Å². The summed E-state index contributed by atoms with van der Waals surface area (Å²) in [5, 5.41) is 11.3. The van der Waals surface area contributed by atoms with Crippen molar-refractivity contribution in [2.45, 2.75) is 25.7 Å². The van der Waals surface area contributed by atoms with Crippen molar-refractivity contribution in [3.63, 3.8) is 0 Å². The lowest BCUT2D eigenvalue weighted by Crippen LogP contribution is -2.35. The smallest absolute Gasteiger partial charge is 0.223 e. The van der Waals surface area contributed by atoms with E-state index < -0.39 is 0 Å². The Morgan fingerprint density at radius 2 is 2.00 bits per heavy atom. The Hall–Kier alpha value is -0.610. The fourth-order valence-electron chi connectivity index (χ4n) is 1.98. The van der Waals surface area contributed by atoms with Crippen molar-refractivity contribution < 1.29 is 9.90 Å². The molecule has 1 fully saturated rings. The van der Waals surface area contributed by atoms with E-state index in [4.69, 9.17) is 10.8 Å².